The summed E-state index contributed by atoms with van der Waals surface area (Å²) >= 11 is 0. The third kappa shape index (κ3) is 2.13. The first-order valence-corrected chi connectivity index (χ1v) is 6.97. The van der Waals surface area contributed by atoms with Gasteiger partial charge in [0.25, 0.3) is 0 Å². The Kier molecular flexibility index (Phi) is 3.23. The number of anilines is 1. The molecule has 0 spiro atoms. The fourth-order valence-corrected chi connectivity index (χ4v) is 3.62. The molecule has 1 heterocycles. The molecule has 1 aliphatic heterocycles. The number of halogens is 1. The lowest BCUT2D eigenvalue weighted by atomic mass is 10.00. The second kappa shape index (κ2) is 4.76. The van der Waals surface area contributed by atoms with E-state index in [0.717, 1.165) is 19.4 Å². The number of hydrogen-bond donors (Lipinski definition) is 2. The zero-order valence-corrected chi connectivity index (χ0v) is 11.1. The molecule has 4 atom stereocenters. The molecule has 4 heteroatoms. The second-order valence-electron chi connectivity index (χ2n) is 5.83. The Bertz CT molecular complexity index is 477. The van der Waals surface area contributed by atoms with Crippen molar-refractivity contribution in [2.24, 2.45) is 11.8 Å². The van der Waals surface area contributed by atoms with Crippen LogP contribution in [0.4, 0.5) is 10.1 Å². The van der Waals surface area contributed by atoms with Crippen molar-refractivity contribution < 1.29 is 14.6 Å². The van der Waals surface area contributed by atoms with Crippen molar-refractivity contribution >= 4 is 5.69 Å². The molecule has 1 aromatic rings. The molecule has 3 rings (SSSR count). The number of para-hydroxylation sites is 1. The highest BCUT2D eigenvalue weighted by molar-refractivity contribution is 5.56. The highest BCUT2D eigenvalue weighted by Crippen LogP contribution is 2.42. The minimum absolute atomic E-state index is 0.251. The molecule has 1 saturated heterocycles. The Hall–Kier alpha value is -1.13. The van der Waals surface area contributed by atoms with E-state index >= 15 is 0 Å². The Morgan fingerprint density at radius 2 is 2.11 bits per heavy atom. The number of fused-ring (bicyclic) bond motifs is 1. The Morgan fingerprint density at radius 3 is 2.79 bits per heavy atom. The van der Waals surface area contributed by atoms with Gasteiger partial charge in [0.05, 0.1) is 17.9 Å². The van der Waals surface area contributed by atoms with E-state index in [0.29, 0.717) is 23.7 Å². The third-order valence-corrected chi connectivity index (χ3v) is 4.60. The summed E-state index contributed by atoms with van der Waals surface area (Å²) in [7, 11) is 0. The molecule has 3 unspecified atom stereocenters. The molecule has 0 bridgehead atoms. The maximum absolute atomic E-state index is 14.1. The van der Waals surface area contributed by atoms with Crippen molar-refractivity contribution in [1.82, 2.24) is 0 Å². The first-order chi connectivity index (χ1) is 9.08. The lowest BCUT2D eigenvalue weighted by Crippen LogP contribution is -2.26. The molecule has 0 amide bonds. The molecule has 2 aliphatic rings. The highest BCUT2D eigenvalue weighted by atomic mass is 19.1. The average Bonchev–Trinajstić information content (AvgIpc) is 2.91. The molecule has 104 valence electrons. The van der Waals surface area contributed by atoms with Gasteiger partial charge in [0, 0.05) is 24.6 Å². The molecular weight excluding hydrogens is 245 g/mol. The quantitative estimate of drug-likeness (QED) is 0.860. The van der Waals surface area contributed by atoms with E-state index in [2.05, 4.69) is 0 Å². The predicted molar refractivity (Wildman–Crippen MR) is 71.5 cm³/mol. The average molecular weight is 265 g/mol. The first kappa shape index (κ1) is 12.9. The molecule has 1 aromatic carbocycles. The van der Waals surface area contributed by atoms with Gasteiger partial charge < -0.3 is 15.1 Å². The minimum atomic E-state index is -0.684. The van der Waals surface area contributed by atoms with E-state index in [1.54, 1.807) is 19.1 Å². The molecule has 0 radical (unpaired) electrons. The van der Waals surface area contributed by atoms with Gasteiger partial charge in [0.1, 0.15) is 5.82 Å². The lowest BCUT2D eigenvalue weighted by Gasteiger charge is -2.25. The van der Waals surface area contributed by atoms with Crippen LogP contribution in [0.5, 0.6) is 0 Å². The lowest BCUT2D eigenvalue weighted by molar-refractivity contribution is 0.133. The first-order valence-electron chi connectivity index (χ1n) is 6.97. The van der Waals surface area contributed by atoms with Gasteiger partial charge in [-0.1, -0.05) is 12.1 Å². The topological polar surface area (TPSA) is 43.7 Å². The predicted octanol–water partition coefficient (Wildman–Crippen LogP) is 2.09. The van der Waals surface area contributed by atoms with Crippen LogP contribution < -0.4 is 4.90 Å². The van der Waals surface area contributed by atoms with Gasteiger partial charge >= 0.3 is 0 Å². The van der Waals surface area contributed by atoms with E-state index in [-0.39, 0.29) is 17.8 Å². The molecule has 19 heavy (non-hydrogen) atoms. The van der Waals surface area contributed by atoms with Crippen molar-refractivity contribution in [2.45, 2.75) is 32.0 Å². The van der Waals surface area contributed by atoms with E-state index < -0.39 is 6.10 Å². The molecule has 1 saturated carbocycles. The van der Waals surface area contributed by atoms with Crippen molar-refractivity contribution in [1.29, 1.82) is 0 Å². The summed E-state index contributed by atoms with van der Waals surface area (Å²) in [6.07, 6.45) is 0.942. The number of aliphatic hydroxyl groups is 2. The number of nitrogens with zero attached hydrogens (tertiary/aromatic N) is 1. The van der Waals surface area contributed by atoms with Gasteiger partial charge in [0.15, 0.2) is 0 Å². The molecule has 0 aromatic heterocycles. The summed E-state index contributed by atoms with van der Waals surface area (Å²) in [5, 5.41) is 19.7. The van der Waals surface area contributed by atoms with Gasteiger partial charge in [0.2, 0.25) is 0 Å². The van der Waals surface area contributed by atoms with E-state index in [9.17, 15) is 14.6 Å². The van der Waals surface area contributed by atoms with E-state index in [1.807, 2.05) is 4.90 Å². The van der Waals surface area contributed by atoms with Crippen LogP contribution in [0.2, 0.25) is 0 Å². The van der Waals surface area contributed by atoms with Gasteiger partial charge in [-0.2, -0.15) is 0 Å². The van der Waals surface area contributed by atoms with Crippen molar-refractivity contribution in [2.75, 3.05) is 18.0 Å². The minimum Gasteiger partial charge on any atom is -0.393 e. The van der Waals surface area contributed by atoms with E-state index in [4.69, 9.17) is 0 Å². The Morgan fingerprint density at radius 1 is 1.32 bits per heavy atom. The maximum atomic E-state index is 14.1. The second-order valence-corrected chi connectivity index (χ2v) is 5.83. The van der Waals surface area contributed by atoms with Gasteiger partial charge in [-0.25, -0.2) is 4.39 Å². The van der Waals surface area contributed by atoms with Crippen LogP contribution >= 0.6 is 0 Å². The standard InChI is InChI=1S/C15H20FNO2/c1-9(18)11-3-2-4-13(16)15(11)17-7-10-5-6-14(19)12(10)8-17/h2-4,9-10,12,14,18-19H,5-8H2,1H3/t9-,10?,12?,14?/m1/s1. The zero-order valence-electron chi connectivity index (χ0n) is 11.1. The fourth-order valence-electron chi connectivity index (χ4n) is 3.62. The number of aliphatic hydroxyl groups excluding tert-OH is 2. The molecule has 2 fully saturated rings. The van der Waals surface area contributed by atoms with Crippen LogP contribution in [-0.2, 0) is 0 Å². The van der Waals surface area contributed by atoms with Crippen molar-refractivity contribution in [3.05, 3.63) is 29.6 Å². The highest BCUT2D eigenvalue weighted by Gasteiger charge is 2.42. The number of rotatable bonds is 2. The summed E-state index contributed by atoms with van der Waals surface area (Å²) in [5.74, 6) is 0.422. The van der Waals surface area contributed by atoms with Crippen LogP contribution in [0.3, 0.4) is 0 Å². The zero-order chi connectivity index (χ0) is 13.6. The summed E-state index contributed by atoms with van der Waals surface area (Å²) in [6, 6.07) is 4.84. The monoisotopic (exact) mass is 265 g/mol. The summed E-state index contributed by atoms with van der Waals surface area (Å²) in [5.41, 5.74) is 1.15. The third-order valence-electron chi connectivity index (χ3n) is 4.60. The van der Waals surface area contributed by atoms with Crippen LogP contribution in [0.15, 0.2) is 18.2 Å². The number of hydrogen-bond acceptors (Lipinski definition) is 3. The van der Waals surface area contributed by atoms with Crippen molar-refractivity contribution in [3.8, 4) is 0 Å². The fraction of sp³-hybridized carbons (Fsp3) is 0.600. The molecule has 2 N–H and O–H groups in total. The van der Waals surface area contributed by atoms with Crippen LogP contribution in [0, 0.1) is 17.7 Å². The van der Waals surface area contributed by atoms with Gasteiger partial charge in [-0.3, -0.25) is 0 Å². The summed E-state index contributed by atoms with van der Waals surface area (Å²) in [6.45, 7) is 3.12. The summed E-state index contributed by atoms with van der Waals surface area (Å²) in [4.78, 5) is 2.00. The van der Waals surface area contributed by atoms with E-state index in [1.165, 1.54) is 6.07 Å². The molecule has 3 nitrogen and oxygen atoms in total. The van der Waals surface area contributed by atoms with Crippen LogP contribution in [0.25, 0.3) is 0 Å². The molecular formula is C15H20FNO2. The van der Waals surface area contributed by atoms with Gasteiger partial charge in [-0.15, -0.1) is 0 Å². The smallest absolute Gasteiger partial charge is 0.146 e. The largest absolute Gasteiger partial charge is 0.393 e. The summed E-state index contributed by atoms with van der Waals surface area (Å²) < 4.78 is 14.1. The van der Waals surface area contributed by atoms with Crippen LogP contribution in [0.1, 0.15) is 31.4 Å². The Labute approximate surface area is 112 Å². The Balaban J connectivity index is 1.92. The van der Waals surface area contributed by atoms with Crippen molar-refractivity contribution in [3.63, 3.8) is 0 Å². The normalized spacial score (nSPS) is 31.6. The SMILES string of the molecule is C[C@@H](O)c1cccc(F)c1N1CC2CCC(O)C2C1. The molecule has 1 aliphatic carbocycles. The number of benzene rings is 1. The maximum Gasteiger partial charge on any atom is 0.146 e. The van der Waals surface area contributed by atoms with Gasteiger partial charge in [-0.05, 0) is 31.7 Å². The van der Waals surface area contributed by atoms with Crippen LogP contribution in [-0.4, -0.2) is 29.4 Å².